The number of aliphatic hydroxyl groups is 1. The molecule has 0 unspecified atom stereocenters. The van der Waals surface area contributed by atoms with Crippen LogP contribution >= 0.6 is 11.3 Å². The molecule has 19 heavy (non-hydrogen) atoms. The molecule has 2 N–H and O–H groups in total. The van der Waals surface area contributed by atoms with Crippen LogP contribution in [-0.4, -0.2) is 21.6 Å². The highest BCUT2D eigenvalue weighted by Crippen LogP contribution is 2.25. The average molecular weight is 279 g/mol. The van der Waals surface area contributed by atoms with Crippen molar-refractivity contribution in [1.29, 1.82) is 0 Å². The highest BCUT2D eigenvalue weighted by Gasteiger charge is 2.13. The molecular weight excluding hydrogens is 266 g/mol. The number of thiophene rings is 1. The van der Waals surface area contributed by atoms with Crippen molar-refractivity contribution in [3.63, 3.8) is 0 Å². The fourth-order valence-corrected chi connectivity index (χ4v) is 2.47. The largest absolute Gasteiger partial charge is 0.396 e. The van der Waals surface area contributed by atoms with Gasteiger partial charge < -0.3 is 10.4 Å². The molecule has 2 aromatic rings. The van der Waals surface area contributed by atoms with Gasteiger partial charge in [-0.05, 0) is 23.9 Å². The van der Waals surface area contributed by atoms with E-state index in [1.807, 2.05) is 17.5 Å². The van der Waals surface area contributed by atoms with Crippen LogP contribution in [-0.2, 0) is 0 Å². The van der Waals surface area contributed by atoms with E-state index < -0.39 is 4.92 Å². The van der Waals surface area contributed by atoms with Crippen LogP contribution in [0.1, 0.15) is 17.3 Å². The molecule has 2 rings (SSSR count). The van der Waals surface area contributed by atoms with Gasteiger partial charge in [0.1, 0.15) is 12.0 Å². The Morgan fingerprint density at radius 2 is 2.32 bits per heavy atom. The second-order valence-electron chi connectivity index (χ2n) is 3.88. The molecule has 0 radical (unpaired) electrons. The first-order chi connectivity index (χ1) is 9.20. The van der Waals surface area contributed by atoms with Crippen molar-refractivity contribution >= 4 is 22.8 Å². The van der Waals surface area contributed by atoms with E-state index in [1.165, 1.54) is 12.3 Å². The molecule has 0 fully saturated rings. The molecule has 0 saturated heterocycles. The molecule has 0 amide bonds. The van der Waals surface area contributed by atoms with Gasteiger partial charge in [-0.1, -0.05) is 6.07 Å². The summed E-state index contributed by atoms with van der Waals surface area (Å²) >= 11 is 1.59. The minimum atomic E-state index is -0.485. The monoisotopic (exact) mass is 279 g/mol. The smallest absolute Gasteiger partial charge is 0.287 e. The first-order valence-corrected chi connectivity index (χ1v) is 6.60. The topological polar surface area (TPSA) is 88.3 Å². The van der Waals surface area contributed by atoms with Crippen LogP contribution in [0.2, 0.25) is 0 Å². The van der Waals surface area contributed by atoms with E-state index >= 15 is 0 Å². The quantitative estimate of drug-likeness (QED) is 0.626. The van der Waals surface area contributed by atoms with Gasteiger partial charge >= 0.3 is 0 Å². The number of nitrogens with one attached hydrogen (secondary N) is 1. The van der Waals surface area contributed by atoms with Gasteiger partial charge in [0.15, 0.2) is 0 Å². The van der Waals surface area contributed by atoms with Crippen molar-refractivity contribution in [2.45, 2.75) is 12.5 Å². The summed E-state index contributed by atoms with van der Waals surface area (Å²) in [6.07, 6.45) is 1.77. The standard InChI is InChI=1S/C12H13N3O3S/c16-6-5-10(11-2-1-7-19-11)14-12-4-3-9(8-13-12)15(17)18/h1-4,7-8,10,16H,5-6H2,(H,13,14)/t10-/m0/s1. The number of hydrogen-bond acceptors (Lipinski definition) is 6. The Morgan fingerprint density at radius 3 is 2.84 bits per heavy atom. The van der Waals surface area contributed by atoms with Gasteiger partial charge in [0.25, 0.3) is 5.69 Å². The van der Waals surface area contributed by atoms with E-state index in [-0.39, 0.29) is 18.3 Å². The van der Waals surface area contributed by atoms with E-state index in [0.717, 1.165) is 4.88 Å². The minimum Gasteiger partial charge on any atom is -0.396 e. The predicted molar refractivity (Wildman–Crippen MR) is 73.3 cm³/mol. The van der Waals surface area contributed by atoms with Crippen molar-refractivity contribution in [2.24, 2.45) is 0 Å². The van der Waals surface area contributed by atoms with Crippen LogP contribution in [0.3, 0.4) is 0 Å². The molecule has 0 spiro atoms. The Bertz CT molecular complexity index is 528. The number of nitro groups is 1. The van der Waals surface area contributed by atoms with Crippen molar-refractivity contribution < 1.29 is 10.0 Å². The lowest BCUT2D eigenvalue weighted by Crippen LogP contribution is -2.12. The lowest BCUT2D eigenvalue weighted by Gasteiger charge is -2.16. The van der Waals surface area contributed by atoms with Gasteiger partial charge in [-0.25, -0.2) is 4.98 Å². The maximum Gasteiger partial charge on any atom is 0.287 e. The Balaban J connectivity index is 2.11. The first-order valence-electron chi connectivity index (χ1n) is 5.72. The zero-order chi connectivity index (χ0) is 13.7. The van der Waals surface area contributed by atoms with E-state index in [4.69, 9.17) is 5.11 Å². The summed E-state index contributed by atoms with van der Waals surface area (Å²) in [5.41, 5.74) is -0.0413. The summed E-state index contributed by atoms with van der Waals surface area (Å²) in [5.74, 6) is 0.553. The molecule has 1 atom stereocenters. The Kier molecular flexibility index (Phi) is 4.43. The summed E-state index contributed by atoms with van der Waals surface area (Å²) in [7, 11) is 0. The molecule has 2 aromatic heterocycles. The van der Waals surface area contributed by atoms with Crippen molar-refractivity contribution in [1.82, 2.24) is 4.98 Å². The number of hydrogen-bond donors (Lipinski definition) is 2. The molecule has 0 bridgehead atoms. The van der Waals surface area contributed by atoms with Crippen LogP contribution < -0.4 is 5.32 Å². The Labute approximate surface area is 113 Å². The SMILES string of the molecule is O=[N+]([O-])c1ccc(N[C@@H](CCO)c2cccs2)nc1. The average Bonchev–Trinajstić information content (AvgIpc) is 2.92. The van der Waals surface area contributed by atoms with Gasteiger partial charge in [-0.3, -0.25) is 10.1 Å². The number of rotatable bonds is 6. The summed E-state index contributed by atoms with van der Waals surface area (Å²) in [5, 5.41) is 24.8. The van der Waals surface area contributed by atoms with Crippen LogP contribution in [0.25, 0.3) is 0 Å². The van der Waals surface area contributed by atoms with Crippen molar-refractivity contribution in [2.75, 3.05) is 11.9 Å². The molecular formula is C12H13N3O3S. The van der Waals surface area contributed by atoms with Crippen LogP contribution in [0, 0.1) is 10.1 Å². The molecule has 6 nitrogen and oxygen atoms in total. The van der Waals surface area contributed by atoms with Crippen LogP contribution in [0.15, 0.2) is 35.8 Å². The zero-order valence-electron chi connectivity index (χ0n) is 10.0. The Morgan fingerprint density at radius 1 is 1.47 bits per heavy atom. The summed E-state index contributed by atoms with van der Waals surface area (Å²) in [6, 6.07) is 6.84. The molecule has 0 aliphatic carbocycles. The van der Waals surface area contributed by atoms with Crippen molar-refractivity contribution in [3.05, 3.63) is 50.8 Å². The lowest BCUT2D eigenvalue weighted by molar-refractivity contribution is -0.385. The molecule has 7 heteroatoms. The van der Waals surface area contributed by atoms with Gasteiger partial charge in [0.05, 0.1) is 11.0 Å². The lowest BCUT2D eigenvalue weighted by atomic mass is 10.2. The highest BCUT2D eigenvalue weighted by atomic mass is 32.1. The normalized spacial score (nSPS) is 12.1. The van der Waals surface area contributed by atoms with Gasteiger partial charge in [0, 0.05) is 17.6 Å². The Hall–Kier alpha value is -1.99. The molecule has 2 heterocycles. The summed E-state index contributed by atoms with van der Waals surface area (Å²) in [4.78, 5) is 15.1. The molecule has 0 aliphatic heterocycles. The first kappa shape index (κ1) is 13.4. The predicted octanol–water partition coefficient (Wildman–Crippen LogP) is 2.59. The van der Waals surface area contributed by atoms with Crippen LogP contribution in [0.5, 0.6) is 0 Å². The number of aromatic nitrogens is 1. The fourth-order valence-electron chi connectivity index (χ4n) is 1.66. The molecule has 100 valence electrons. The van der Waals surface area contributed by atoms with Gasteiger partial charge in [-0.15, -0.1) is 11.3 Å². The number of aliphatic hydroxyl groups excluding tert-OH is 1. The molecule has 0 aliphatic rings. The minimum absolute atomic E-state index is 0.0413. The molecule has 0 aromatic carbocycles. The number of pyridine rings is 1. The van der Waals surface area contributed by atoms with Gasteiger partial charge in [0.2, 0.25) is 0 Å². The zero-order valence-corrected chi connectivity index (χ0v) is 10.8. The van der Waals surface area contributed by atoms with E-state index in [2.05, 4.69) is 10.3 Å². The maximum atomic E-state index is 10.5. The highest BCUT2D eigenvalue weighted by molar-refractivity contribution is 7.10. The maximum absolute atomic E-state index is 10.5. The number of anilines is 1. The third-order valence-electron chi connectivity index (χ3n) is 2.59. The second-order valence-corrected chi connectivity index (χ2v) is 4.86. The van der Waals surface area contributed by atoms with Gasteiger partial charge in [-0.2, -0.15) is 0 Å². The molecule has 0 saturated carbocycles. The summed E-state index contributed by atoms with van der Waals surface area (Å²) in [6.45, 7) is 0.0581. The van der Waals surface area contributed by atoms with Crippen molar-refractivity contribution in [3.8, 4) is 0 Å². The third kappa shape index (κ3) is 3.49. The summed E-state index contributed by atoms with van der Waals surface area (Å²) < 4.78 is 0. The second kappa shape index (κ2) is 6.26. The van der Waals surface area contributed by atoms with E-state index in [9.17, 15) is 10.1 Å². The third-order valence-corrected chi connectivity index (χ3v) is 3.57. The van der Waals surface area contributed by atoms with Crippen LogP contribution in [0.4, 0.5) is 11.5 Å². The van der Waals surface area contributed by atoms with E-state index in [1.54, 1.807) is 17.4 Å². The van der Waals surface area contributed by atoms with E-state index in [0.29, 0.717) is 12.2 Å². The number of nitrogens with zero attached hydrogens (tertiary/aromatic N) is 2. The fraction of sp³-hybridized carbons (Fsp3) is 0.250.